The van der Waals surface area contributed by atoms with E-state index < -0.39 is 11.7 Å². The SMILES string of the molecule is FC(F)(F)c1cc(Br)ccc1-c1nc(=S)c2c([nH]1)CSC2. The molecule has 1 aliphatic heterocycles. The van der Waals surface area contributed by atoms with Crippen LogP contribution in [0.1, 0.15) is 16.8 Å². The van der Waals surface area contributed by atoms with Gasteiger partial charge in [-0.25, -0.2) is 4.98 Å². The largest absolute Gasteiger partial charge is 0.417 e. The molecule has 0 bridgehead atoms. The van der Waals surface area contributed by atoms with Crippen molar-refractivity contribution in [3.63, 3.8) is 0 Å². The maximum atomic E-state index is 13.2. The highest BCUT2D eigenvalue weighted by Crippen LogP contribution is 2.38. The van der Waals surface area contributed by atoms with Gasteiger partial charge in [-0.3, -0.25) is 0 Å². The first-order chi connectivity index (χ1) is 9.86. The smallest absolute Gasteiger partial charge is 0.342 e. The minimum Gasteiger partial charge on any atom is -0.342 e. The molecule has 21 heavy (non-hydrogen) atoms. The van der Waals surface area contributed by atoms with E-state index in [4.69, 9.17) is 12.2 Å². The second-order valence-corrected chi connectivity index (χ2v) is 6.82. The second-order valence-electron chi connectivity index (χ2n) is 4.53. The first-order valence-electron chi connectivity index (χ1n) is 5.93. The molecule has 1 N–H and O–H groups in total. The average molecular weight is 393 g/mol. The van der Waals surface area contributed by atoms with E-state index in [0.717, 1.165) is 23.1 Å². The number of nitrogens with one attached hydrogen (secondary N) is 1. The molecule has 0 radical (unpaired) electrons. The maximum Gasteiger partial charge on any atom is 0.417 e. The van der Waals surface area contributed by atoms with Gasteiger partial charge in [0.25, 0.3) is 0 Å². The lowest BCUT2D eigenvalue weighted by Crippen LogP contribution is -2.09. The molecule has 2 heterocycles. The number of benzene rings is 1. The summed E-state index contributed by atoms with van der Waals surface area (Å²) in [6, 6.07) is 4.01. The number of alkyl halides is 3. The van der Waals surface area contributed by atoms with Crippen molar-refractivity contribution in [2.75, 3.05) is 0 Å². The lowest BCUT2D eigenvalue weighted by atomic mass is 10.1. The van der Waals surface area contributed by atoms with Crippen LogP contribution in [0.25, 0.3) is 11.4 Å². The van der Waals surface area contributed by atoms with Gasteiger partial charge in [-0.2, -0.15) is 24.9 Å². The van der Waals surface area contributed by atoms with Crippen LogP contribution in [0.2, 0.25) is 0 Å². The fourth-order valence-corrected chi connectivity index (χ4v) is 3.96. The van der Waals surface area contributed by atoms with Crippen molar-refractivity contribution in [2.45, 2.75) is 17.7 Å². The number of hydrogen-bond acceptors (Lipinski definition) is 3. The number of rotatable bonds is 1. The molecule has 2 nitrogen and oxygen atoms in total. The number of halogens is 4. The van der Waals surface area contributed by atoms with Gasteiger partial charge in [0.05, 0.1) is 5.56 Å². The molecule has 0 saturated carbocycles. The molecule has 0 unspecified atom stereocenters. The van der Waals surface area contributed by atoms with Gasteiger partial charge in [-0.15, -0.1) is 0 Å². The summed E-state index contributed by atoms with van der Waals surface area (Å²) in [5.74, 6) is 1.64. The first kappa shape index (κ1) is 15.1. The maximum absolute atomic E-state index is 13.2. The van der Waals surface area contributed by atoms with Gasteiger partial charge in [0.2, 0.25) is 0 Å². The average Bonchev–Trinajstić information content (AvgIpc) is 2.86. The summed E-state index contributed by atoms with van der Waals surface area (Å²) >= 11 is 9.93. The fraction of sp³-hybridized carbons (Fsp3) is 0.231. The Hall–Kier alpha value is -0.860. The van der Waals surface area contributed by atoms with Crippen molar-refractivity contribution in [2.24, 2.45) is 0 Å². The Morgan fingerprint density at radius 1 is 1.29 bits per heavy atom. The van der Waals surface area contributed by atoms with Crippen molar-refractivity contribution in [3.05, 3.63) is 44.1 Å². The second kappa shape index (κ2) is 5.40. The number of aromatic amines is 1. The lowest BCUT2D eigenvalue weighted by molar-refractivity contribution is -0.137. The van der Waals surface area contributed by atoms with Crippen molar-refractivity contribution in [1.82, 2.24) is 9.97 Å². The molecule has 0 amide bonds. The normalized spacial score (nSPS) is 14.3. The lowest BCUT2D eigenvalue weighted by Gasteiger charge is -2.13. The van der Waals surface area contributed by atoms with Gasteiger partial charge in [-0.1, -0.05) is 28.1 Å². The third-order valence-corrected chi connectivity index (χ3v) is 4.96. The van der Waals surface area contributed by atoms with Crippen LogP contribution in [0.5, 0.6) is 0 Å². The molecule has 2 aromatic rings. The van der Waals surface area contributed by atoms with Gasteiger partial charge < -0.3 is 4.98 Å². The minimum absolute atomic E-state index is 0.0106. The van der Waals surface area contributed by atoms with Gasteiger partial charge in [0.15, 0.2) is 0 Å². The molecule has 1 aromatic heterocycles. The molecule has 0 atom stereocenters. The zero-order chi connectivity index (χ0) is 15.2. The number of fused-ring (bicyclic) bond motifs is 1. The van der Waals surface area contributed by atoms with Gasteiger partial charge >= 0.3 is 6.18 Å². The van der Waals surface area contributed by atoms with Gasteiger partial charge in [0.1, 0.15) is 10.5 Å². The van der Waals surface area contributed by atoms with Crippen LogP contribution in [0.3, 0.4) is 0 Å². The molecule has 1 aliphatic rings. The highest BCUT2D eigenvalue weighted by Gasteiger charge is 2.34. The van der Waals surface area contributed by atoms with Gasteiger partial charge in [-0.05, 0) is 18.2 Å². The van der Waals surface area contributed by atoms with Crippen molar-refractivity contribution >= 4 is 39.9 Å². The summed E-state index contributed by atoms with van der Waals surface area (Å²) in [6.45, 7) is 0. The zero-order valence-corrected chi connectivity index (χ0v) is 13.6. The third-order valence-electron chi connectivity index (χ3n) is 3.14. The molecule has 0 fully saturated rings. The Balaban J connectivity index is 2.22. The highest BCUT2D eigenvalue weighted by atomic mass is 79.9. The van der Waals surface area contributed by atoms with E-state index in [9.17, 15) is 13.2 Å². The predicted molar refractivity (Wildman–Crippen MR) is 82.6 cm³/mol. The van der Waals surface area contributed by atoms with E-state index >= 15 is 0 Å². The Labute approximate surface area is 136 Å². The Kier molecular flexibility index (Phi) is 3.87. The summed E-state index contributed by atoms with van der Waals surface area (Å²) in [5, 5.41) is 0. The summed E-state index contributed by atoms with van der Waals surface area (Å²) in [7, 11) is 0. The fourth-order valence-electron chi connectivity index (χ4n) is 2.16. The third kappa shape index (κ3) is 2.89. The zero-order valence-electron chi connectivity index (χ0n) is 10.4. The van der Waals surface area contributed by atoms with E-state index in [1.54, 1.807) is 17.8 Å². The van der Waals surface area contributed by atoms with E-state index in [1.165, 1.54) is 6.07 Å². The van der Waals surface area contributed by atoms with E-state index in [0.29, 0.717) is 14.9 Å². The molecule has 0 spiro atoms. The Morgan fingerprint density at radius 3 is 2.76 bits per heavy atom. The predicted octanol–water partition coefficient (Wildman–Crippen LogP) is 5.33. The molecule has 1 aromatic carbocycles. The number of nitrogens with zero attached hydrogens (tertiary/aromatic N) is 1. The molecular weight excluding hydrogens is 385 g/mol. The molecule has 3 rings (SSSR count). The minimum atomic E-state index is -4.45. The van der Waals surface area contributed by atoms with Crippen molar-refractivity contribution in [1.29, 1.82) is 0 Å². The Bertz CT molecular complexity index is 771. The van der Waals surface area contributed by atoms with Crippen molar-refractivity contribution < 1.29 is 13.2 Å². The molecule has 0 aliphatic carbocycles. The summed E-state index contributed by atoms with van der Waals surface area (Å²) in [5.41, 5.74) is 1.06. The molecular formula is C13H8BrF3N2S2. The molecule has 0 saturated heterocycles. The van der Waals surface area contributed by atoms with E-state index in [1.807, 2.05) is 0 Å². The first-order valence-corrected chi connectivity index (χ1v) is 8.29. The number of hydrogen-bond donors (Lipinski definition) is 1. The highest BCUT2D eigenvalue weighted by molar-refractivity contribution is 9.10. The summed E-state index contributed by atoms with van der Waals surface area (Å²) in [4.78, 5) is 7.15. The van der Waals surface area contributed by atoms with Crippen LogP contribution in [-0.2, 0) is 17.7 Å². The van der Waals surface area contributed by atoms with Crippen LogP contribution >= 0.6 is 39.9 Å². The molecule has 110 valence electrons. The van der Waals surface area contributed by atoms with E-state index in [-0.39, 0.29) is 11.4 Å². The van der Waals surface area contributed by atoms with Crippen LogP contribution in [0, 0.1) is 4.64 Å². The monoisotopic (exact) mass is 392 g/mol. The van der Waals surface area contributed by atoms with Crippen LogP contribution in [0.15, 0.2) is 22.7 Å². The van der Waals surface area contributed by atoms with E-state index in [2.05, 4.69) is 25.9 Å². The standard InChI is InChI=1S/C13H8BrF3N2S2/c14-6-1-2-7(9(3-6)13(15,16)17)11-18-10-5-21-4-8(10)12(20)19-11/h1-3H,4-5H2,(H,18,19,20). The number of aromatic nitrogens is 2. The number of thioether (sulfide) groups is 1. The Morgan fingerprint density at radius 2 is 2.05 bits per heavy atom. The number of H-pyrrole nitrogens is 1. The summed E-state index contributed by atoms with van der Waals surface area (Å²) in [6.07, 6.45) is -4.45. The molecule has 8 heteroatoms. The van der Waals surface area contributed by atoms with Crippen LogP contribution < -0.4 is 0 Å². The van der Waals surface area contributed by atoms with Crippen molar-refractivity contribution in [3.8, 4) is 11.4 Å². The van der Waals surface area contributed by atoms with Crippen LogP contribution in [-0.4, -0.2) is 9.97 Å². The summed E-state index contributed by atoms with van der Waals surface area (Å²) < 4.78 is 40.3. The van der Waals surface area contributed by atoms with Gasteiger partial charge in [0, 0.05) is 32.8 Å². The topological polar surface area (TPSA) is 28.7 Å². The van der Waals surface area contributed by atoms with Crippen LogP contribution in [0.4, 0.5) is 13.2 Å². The quantitative estimate of drug-likeness (QED) is 0.664.